The third kappa shape index (κ3) is 3.67. The Morgan fingerprint density at radius 1 is 1.33 bits per heavy atom. The molecule has 0 bridgehead atoms. The number of benzene rings is 1. The first kappa shape index (κ1) is 17.9. The molecule has 2 aromatic heterocycles. The Morgan fingerprint density at radius 3 is 3.00 bits per heavy atom. The summed E-state index contributed by atoms with van der Waals surface area (Å²) in [7, 11) is 0. The lowest BCUT2D eigenvalue weighted by molar-refractivity contribution is -0.121. The molecule has 1 fully saturated rings. The molecule has 1 saturated heterocycles. The molecule has 1 unspecified atom stereocenters. The molecule has 4 rings (SSSR count). The van der Waals surface area contributed by atoms with Crippen LogP contribution >= 0.6 is 0 Å². The van der Waals surface area contributed by atoms with Gasteiger partial charge in [-0.2, -0.15) is 5.10 Å². The summed E-state index contributed by atoms with van der Waals surface area (Å²) in [6, 6.07) is 8.06. The van der Waals surface area contributed by atoms with Gasteiger partial charge in [0.2, 0.25) is 5.91 Å². The lowest BCUT2D eigenvalue weighted by atomic mass is 10.0. The molecular formula is C21H27N5O. The van der Waals surface area contributed by atoms with Gasteiger partial charge in [0.25, 0.3) is 0 Å². The normalized spacial score (nSPS) is 17.0. The van der Waals surface area contributed by atoms with E-state index < -0.39 is 0 Å². The minimum Gasteiger partial charge on any atom is -0.356 e. The highest BCUT2D eigenvalue weighted by Crippen LogP contribution is 2.22. The Kier molecular flexibility index (Phi) is 5.07. The molecule has 27 heavy (non-hydrogen) atoms. The van der Waals surface area contributed by atoms with E-state index >= 15 is 0 Å². The maximum absolute atomic E-state index is 12.2. The van der Waals surface area contributed by atoms with Crippen molar-refractivity contribution in [3.05, 3.63) is 41.2 Å². The van der Waals surface area contributed by atoms with E-state index in [4.69, 9.17) is 4.98 Å². The van der Waals surface area contributed by atoms with E-state index in [1.54, 1.807) is 0 Å². The van der Waals surface area contributed by atoms with Crippen LogP contribution in [-0.2, 0) is 11.2 Å². The monoisotopic (exact) mass is 365 g/mol. The average molecular weight is 365 g/mol. The van der Waals surface area contributed by atoms with Crippen LogP contribution in [0.4, 0.5) is 0 Å². The lowest BCUT2D eigenvalue weighted by Gasteiger charge is -2.12. The first-order valence-electron chi connectivity index (χ1n) is 9.84. The number of nitrogens with zero attached hydrogens (tertiary/aromatic N) is 3. The summed E-state index contributed by atoms with van der Waals surface area (Å²) in [5.74, 6) is 0.820. The molecule has 3 aromatic rings. The molecule has 6 nitrogen and oxygen atoms in total. The van der Waals surface area contributed by atoms with Gasteiger partial charge in [-0.25, -0.2) is 9.50 Å². The lowest BCUT2D eigenvalue weighted by Crippen LogP contribution is -2.26. The third-order valence-electron chi connectivity index (χ3n) is 5.66. The fraction of sp³-hybridized carbons (Fsp3) is 0.476. The van der Waals surface area contributed by atoms with Gasteiger partial charge >= 0.3 is 0 Å². The van der Waals surface area contributed by atoms with Crippen LogP contribution in [0.5, 0.6) is 0 Å². The fourth-order valence-corrected chi connectivity index (χ4v) is 4.04. The van der Waals surface area contributed by atoms with Crippen molar-refractivity contribution in [1.82, 2.24) is 25.2 Å². The molecule has 1 atom stereocenters. The molecule has 1 aromatic carbocycles. The van der Waals surface area contributed by atoms with Crippen LogP contribution in [0.25, 0.3) is 16.6 Å². The van der Waals surface area contributed by atoms with Gasteiger partial charge in [-0.3, -0.25) is 4.79 Å². The van der Waals surface area contributed by atoms with E-state index in [2.05, 4.69) is 28.7 Å². The summed E-state index contributed by atoms with van der Waals surface area (Å²) in [4.78, 5) is 17.0. The Hall–Kier alpha value is -2.47. The number of aryl methyl sites for hydroxylation is 2. The van der Waals surface area contributed by atoms with Crippen molar-refractivity contribution in [2.45, 2.75) is 39.5 Å². The van der Waals surface area contributed by atoms with Gasteiger partial charge in [-0.05, 0) is 69.8 Å². The van der Waals surface area contributed by atoms with Crippen LogP contribution in [0.2, 0.25) is 0 Å². The summed E-state index contributed by atoms with van der Waals surface area (Å²) in [5.41, 5.74) is 5.00. The highest BCUT2D eigenvalue weighted by Gasteiger charge is 2.16. The van der Waals surface area contributed by atoms with E-state index in [1.807, 2.05) is 29.6 Å². The molecule has 0 radical (unpaired) electrons. The summed E-state index contributed by atoms with van der Waals surface area (Å²) in [6.45, 7) is 7.04. The number of hydrogen-bond donors (Lipinski definition) is 2. The van der Waals surface area contributed by atoms with Crippen LogP contribution < -0.4 is 10.6 Å². The third-order valence-corrected chi connectivity index (χ3v) is 5.66. The van der Waals surface area contributed by atoms with E-state index in [0.717, 1.165) is 59.6 Å². The van der Waals surface area contributed by atoms with Gasteiger partial charge in [0.1, 0.15) is 0 Å². The van der Waals surface area contributed by atoms with Crippen molar-refractivity contribution in [2.24, 2.45) is 5.92 Å². The highest BCUT2D eigenvalue weighted by molar-refractivity contribution is 5.92. The van der Waals surface area contributed by atoms with E-state index in [1.165, 1.54) is 6.42 Å². The van der Waals surface area contributed by atoms with Crippen molar-refractivity contribution in [1.29, 1.82) is 0 Å². The van der Waals surface area contributed by atoms with Crippen LogP contribution in [0, 0.1) is 19.8 Å². The second-order valence-corrected chi connectivity index (χ2v) is 7.51. The molecule has 1 aliphatic heterocycles. The second-order valence-electron chi connectivity index (χ2n) is 7.51. The number of fused-ring (bicyclic) bond motifs is 3. The molecule has 1 amide bonds. The van der Waals surface area contributed by atoms with Crippen molar-refractivity contribution < 1.29 is 4.79 Å². The topological polar surface area (TPSA) is 71.3 Å². The predicted octanol–water partition coefficient (Wildman–Crippen LogP) is 2.55. The largest absolute Gasteiger partial charge is 0.356 e. The number of nitrogens with one attached hydrogen (secondary N) is 2. The van der Waals surface area contributed by atoms with Gasteiger partial charge in [-0.1, -0.05) is 12.1 Å². The van der Waals surface area contributed by atoms with Crippen LogP contribution in [0.3, 0.4) is 0 Å². The molecule has 0 saturated carbocycles. The number of aromatic nitrogens is 3. The summed E-state index contributed by atoms with van der Waals surface area (Å²) in [5, 5.41) is 12.2. The van der Waals surface area contributed by atoms with Crippen LogP contribution in [0.1, 0.15) is 36.2 Å². The number of amides is 1. The molecule has 1 aliphatic rings. The van der Waals surface area contributed by atoms with Gasteiger partial charge in [0, 0.05) is 29.7 Å². The zero-order valence-electron chi connectivity index (χ0n) is 16.1. The first-order valence-corrected chi connectivity index (χ1v) is 9.84. The molecule has 2 N–H and O–H groups in total. The maximum atomic E-state index is 12.2. The Balaban J connectivity index is 1.43. The smallest absolute Gasteiger partial charge is 0.220 e. The van der Waals surface area contributed by atoms with Crippen LogP contribution in [0.15, 0.2) is 24.3 Å². The first-order chi connectivity index (χ1) is 13.1. The number of carbonyl (C=O) groups excluding carboxylic acids is 1. The molecular weight excluding hydrogens is 338 g/mol. The molecule has 142 valence electrons. The van der Waals surface area contributed by atoms with Gasteiger partial charge < -0.3 is 10.6 Å². The number of hydrogen-bond acceptors (Lipinski definition) is 4. The summed E-state index contributed by atoms with van der Waals surface area (Å²) >= 11 is 0. The number of rotatable bonds is 6. The Morgan fingerprint density at radius 2 is 2.19 bits per heavy atom. The molecule has 0 aliphatic carbocycles. The maximum Gasteiger partial charge on any atom is 0.220 e. The Labute approximate surface area is 159 Å². The van der Waals surface area contributed by atoms with E-state index in [-0.39, 0.29) is 5.91 Å². The fourth-order valence-electron chi connectivity index (χ4n) is 4.04. The SMILES string of the molecule is Cc1nc2c3ccccc3nn2c(C)c1CCC(=O)NCCC1CCNC1. The van der Waals surface area contributed by atoms with Crippen molar-refractivity contribution in [3.8, 4) is 0 Å². The van der Waals surface area contributed by atoms with Gasteiger partial charge in [0.15, 0.2) is 5.65 Å². The van der Waals surface area contributed by atoms with Gasteiger partial charge in [0.05, 0.1) is 5.52 Å². The Bertz CT molecular complexity index is 972. The zero-order valence-corrected chi connectivity index (χ0v) is 16.1. The minimum absolute atomic E-state index is 0.116. The van der Waals surface area contributed by atoms with Crippen molar-refractivity contribution >= 4 is 22.5 Å². The average Bonchev–Trinajstić information content (AvgIpc) is 3.30. The molecule has 6 heteroatoms. The summed E-state index contributed by atoms with van der Waals surface area (Å²) in [6.07, 6.45) is 3.45. The molecule has 3 heterocycles. The standard InChI is InChI=1S/C21H27N5O/c1-14-17(7-8-20(27)23-12-10-16-9-11-22-13-16)15(2)26-21(24-14)18-5-3-4-6-19(18)25-26/h3-6,16,22H,7-13H2,1-2H3,(H,23,27). The van der Waals surface area contributed by atoms with Crippen molar-refractivity contribution in [2.75, 3.05) is 19.6 Å². The quantitative estimate of drug-likeness (QED) is 0.704. The number of carbonyl (C=O) groups is 1. The molecule has 0 spiro atoms. The highest BCUT2D eigenvalue weighted by atomic mass is 16.1. The van der Waals surface area contributed by atoms with Crippen LogP contribution in [-0.4, -0.2) is 40.1 Å². The zero-order chi connectivity index (χ0) is 18.8. The van der Waals surface area contributed by atoms with Crippen molar-refractivity contribution in [3.63, 3.8) is 0 Å². The predicted molar refractivity (Wildman–Crippen MR) is 107 cm³/mol. The van der Waals surface area contributed by atoms with E-state index in [9.17, 15) is 4.79 Å². The van der Waals surface area contributed by atoms with Gasteiger partial charge in [-0.15, -0.1) is 0 Å². The summed E-state index contributed by atoms with van der Waals surface area (Å²) < 4.78 is 1.91. The van der Waals surface area contributed by atoms with E-state index in [0.29, 0.717) is 18.8 Å². The minimum atomic E-state index is 0.116. The second kappa shape index (κ2) is 7.64.